The molecule has 0 aromatic carbocycles. The van der Waals surface area contributed by atoms with Crippen molar-refractivity contribution in [3.8, 4) is 0 Å². The molecule has 1 rings (SSSR count). The zero-order valence-electron chi connectivity index (χ0n) is 11.9. The lowest BCUT2D eigenvalue weighted by Crippen LogP contribution is -2.43. The summed E-state index contributed by atoms with van der Waals surface area (Å²) in [5.74, 6) is -0.0993. The molecule has 18 heavy (non-hydrogen) atoms. The van der Waals surface area contributed by atoms with E-state index in [-0.39, 0.29) is 23.9 Å². The van der Waals surface area contributed by atoms with Crippen molar-refractivity contribution in [2.75, 3.05) is 27.2 Å². The molecule has 1 saturated heterocycles. The molecular weight excluding hydrogens is 230 g/mol. The Balaban J connectivity index is 2.44. The van der Waals surface area contributed by atoms with Gasteiger partial charge in [-0.3, -0.25) is 14.5 Å². The van der Waals surface area contributed by atoms with Gasteiger partial charge in [-0.05, 0) is 40.4 Å². The normalized spacial score (nSPS) is 22.1. The first-order chi connectivity index (χ1) is 8.45. The minimum absolute atomic E-state index is 0.0424. The maximum atomic E-state index is 12.0. The lowest BCUT2D eigenvalue weighted by Gasteiger charge is -2.20. The summed E-state index contributed by atoms with van der Waals surface area (Å²) in [6, 6.07) is -0.0723. The molecule has 5 heteroatoms. The van der Waals surface area contributed by atoms with Gasteiger partial charge in [0.15, 0.2) is 0 Å². The smallest absolute Gasteiger partial charge is 0.246 e. The Morgan fingerprint density at radius 2 is 2.11 bits per heavy atom. The molecule has 1 N–H and O–H groups in total. The molecule has 2 amide bonds. The molecular formula is C13H25N3O2. The Morgan fingerprint density at radius 1 is 1.44 bits per heavy atom. The van der Waals surface area contributed by atoms with Gasteiger partial charge in [-0.15, -0.1) is 0 Å². The summed E-state index contributed by atoms with van der Waals surface area (Å²) >= 11 is 0. The summed E-state index contributed by atoms with van der Waals surface area (Å²) in [6.07, 6.45) is 2.10. The number of imide groups is 1. The number of amides is 2. The van der Waals surface area contributed by atoms with Gasteiger partial charge in [0.2, 0.25) is 11.8 Å². The minimum atomic E-state index is -0.318. The average molecular weight is 255 g/mol. The lowest BCUT2D eigenvalue weighted by molar-refractivity contribution is -0.138. The first-order valence-electron chi connectivity index (χ1n) is 6.70. The molecule has 1 fully saturated rings. The van der Waals surface area contributed by atoms with Crippen LogP contribution in [0.1, 0.15) is 33.1 Å². The van der Waals surface area contributed by atoms with Crippen molar-refractivity contribution in [2.45, 2.75) is 45.2 Å². The Kier molecular flexibility index (Phi) is 5.75. The van der Waals surface area contributed by atoms with E-state index in [1.165, 1.54) is 4.90 Å². The minimum Gasteiger partial charge on any atom is -0.309 e. The summed E-state index contributed by atoms with van der Waals surface area (Å²) in [5.41, 5.74) is 0. The predicted octanol–water partition coefficient (Wildman–Crippen LogP) is 0.454. The highest BCUT2D eigenvalue weighted by atomic mass is 16.2. The summed E-state index contributed by atoms with van der Waals surface area (Å²) in [5, 5.41) is 3.26. The number of hydrogen-bond acceptors (Lipinski definition) is 4. The molecule has 0 aliphatic carbocycles. The van der Waals surface area contributed by atoms with Crippen LogP contribution in [0.15, 0.2) is 0 Å². The number of nitrogens with one attached hydrogen (secondary N) is 1. The van der Waals surface area contributed by atoms with E-state index in [1.807, 2.05) is 21.0 Å². The van der Waals surface area contributed by atoms with Crippen molar-refractivity contribution in [3.63, 3.8) is 0 Å². The fourth-order valence-electron chi connectivity index (χ4n) is 2.15. The first-order valence-corrected chi connectivity index (χ1v) is 6.70. The van der Waals surface area contributed by atoms with E-state index in [0.29, 0.717) is 13.0 Å². The largest absolute Gasteiger partial charge is 0.309 e. The van der Waals surface area contributed by atoms with Crippen molar-refractivity contribution >= 4 is 11.8 Å². The van der Waals surface area contributed by atoms with Gasteiger partial charge < -0.3 is 10.2 Å². The molecule has 0 spiro atoms. The molecule has 1 aliphatic heterocycles. The van der Waals surface area contributed by atoms with E-state index < -0.39 is 0 Å². The molecule has 0 radical (unpaired) electrons. The third-order valence-corrected chi connectivity index (χ3v) is 3.19. The molecule has 104 valence electrons. The summed E-state index contributed by atoms with van der Waals surface area (Å²) < 4.78 is 0. The van der Waals surface area contributed by atoms with Gasteiger partial charge in [0.25, 0.3) is 0 Å². The van der Waals surface area contributed by atoms with Crippen LogP contribution in [-0.2, 0) is 9.59 Å². The van der Waals surface area contributed by atoms with E-state index in [4.69, 9.17) is 0 Å². The lowest BCUT2D eigenvalue weighted by atomic mass is 10.1. The van der Waals surface area contributed by atoms with E-state index in [1.54, 1.807) is 0 Å². The fourth-order valence-corrected chi connectivity index (χ4v) is 2.15. The highest BCUT2D eigenvalue weighted by Crippen LogP contribution is 2.14. The van der Waals surface area contributed by atoms with Crippen LogP contribution < -0.4 is 5.32 Å². The van der Waals surface area contributed by atoms with Crippen LogP contribution in [0.3, 0.4) is 0 Å². The number of hydrogen-bond donors (Lipinski definition) is 1. The van der Waals surface area contributed by atoms with Crippen LogP contribution in [-0.4, -0.2) is 60.9 Å². The molecule has 0 bridgehead atoms. The van der Waals surface area contributed by atoms with Crippen LogP contribution in [0.25, 0.3) is 0 Å². The molecule has 0 aromatic rings. The van der Waals surface area contributed by atoms with Gasteiger partial charge in [0, 0.05) is 12.6 Å². The summed E-state index contributed by atoms with van der Waals surface area (Å²) in [7, 11) is 4.06. The van der Waals surface area contributed by atoms with E-state index >= 15 is 0 Å². The Morgan fingerprint density at radius 3 is 2.67 bits per heavy atom. The molecule has 0 aromatic heterocycles. The van der Waals surface area contributed by atoms with Crippen molar-refractivity contribution in [3.05, 3.63) is 0 Å². The Bertz CT molecular complexity index is 305. The Labute approximate surface area is 110 Å². The first kappa shape index (κ1) is 15.1. The monoisotopic (exact) mass is 255 g/mol. The third kappa shape index (κ3) is 4.07. The van der Waals surface area contributed by atoms with Crippen LogP contribution in [0, 0.1) is 0 Å². The van der Waals surface area contributed by atoms with E-state index in [2.05, 4.69) is 17.1 Å². The standard InChI is InChI=1S/C13H25N3O2/c1-5-7-16-12(17)9-11(13(16)18)14-10(2)6-8-15(3)4/h10-11,14H,5-9H2,1-4H3. The van der Waals surface area contributed by atoms with Crippen LogP contribution in [0.4, 0.5) is 0 Å². The maximum Gasteiger partial charge on any atom is 0.246 e. The van der Waals surface area contributed by atoms with Crippen molar-refractivity contribution in [2.24, 2.45) is 0 Å². The maximum absolute atomic E-state index is 12.0. The number of nitrogens with zero attached hydrogens (tertiary/aromatic N) is 2. The second kappa shape index (κ2) is 6.85. The number of likely N-dealkylation sites (tertiary alicyclic amines) is 1. The molecule has 0 saturated carbocycles. The molecule has 5 nitrogen and oxygen atoms in total. The average Bonchev–Trinajstić information content (AvgIpc) is 2.55. The summed E-state index contributed by atoms with van der Waals surface area (Å²) in [4.78, 5) is 27.2. The van der Waals surface area contributed by atoms with Crippen molar-refractivity contribution < 1.29 is 9.59 Å². The van der Waals surface area contributed by atoms with Gasteiger partial charge in [-0.25, -0.2) is 0 Å². The van der Waals surface area contributed by atoms with Gasteiger partial charge in [-0.1, -0.05) is 6.92 Å². The van der Waals surface area contributed by atoms with Crippen LogP contribution in [0.5, 0.6) is 0 Å². The Hall–Kier alpha value is -0.940. The van der Waals surface area contributed by atoms with Crippen molar-refractivity contribution in [1.82, 2.24) is 15.1 Å². The highest BCUT2D eigenvalue weighted by molar-refractivity contribution is 6.05. The second-order valence-electron chi connectivity index (χ2n) is 5.30. The molecule has 2 atom stereocenters. The quantitative estimate of drug-likeness (QED) is 0.671. The van der Waals surface area contributed by atoms with Gasteiger partial charge in [0.1, 0.15) is 0 Å². The predicted molar refractivity (Wildman–Crippen MR) is 71.2 cm³/mol. The van der Waals surface area contributed by atoms with Crippen LogP contribution >= 0.6 is 0 Å². The van der Waals surface area contributed by atoms with Gasteiger partial charge in [-0.2, -0.15) is 0 Å². The second-order valence-corrected chi connectivity index (χ2v) is 5.30. The highest BCUT2D eigenvalue weighted by Gasteiger charge is 2.38. The molecule has 1 aliphatic rings. The zero-order valence-corrected chi connectivity index (χ0v) is 11.9. The van der Waals surface area contributed by atoms with Gasteiger partial charge in [0.05, 0.1) is 12.5 Å². The molecule has 2 unspecified atom stereocenters. The van der Waals surface area contributed by atoms with Crippen molar-refractivity contribution in [1.29, 1.82) is 0 Å². The SMILES string of the molecule is CCCN1C(=O)CC(NC(C)CCN(C)C)C1=O. The van der Waals surface area contributed by atoms with E-state index in [0.717, 1.165) is 19.4 Å². The van der Waals surface area contributed by atoms with E-state index in [9.17, 15) is 9.59 Å². The topological polar surface area (TPSA) is 52.7 Å². The number of rotatable bonds is 7. The number of carbonyl (C=O) groups is 2. The van der Waals surface area contributed by atoms with Gasteiger partial charge >= 0.3 is 0 Å². The zero-order chi connectivity index (χ0) is 13.7. The number of carbonyl (C=O) groups excluding carboxylic acids is 2. The fraction of sp³-hybridized carbons (Fsp3) is 0.846. The third-order valence-electron chi connectivity index (χ3n) is 3.19. The molecule has 1 heterocycles. The van der Waals surface area contributed by atoms with Crippen LogP contribution in [0.2, 0.25) is 0 Å². The summed E-state index contributed by atoms with van der Waals surface area (Å²) in [6.45, 7) is 5.55.